The smallest absolute Gasteiger partial charge is 0.274 e. The van der Waals surface area contributed by atoms with Gasteiger partial charge in [0.05, 0.1) is 24.4 Å². The number of hydrogen-bond donors (Lipinski definition) is 1. The van der Waals surface area contributed by atoms with Gasteiger partial charge in [-0.2, -0.15) is 0 Å². The van der Waals surface area contributed by atoms with Crippen LogP contribution in [-0.2, 0) is 11.3 Å². The van der Waals surface area contributed by atoms with Crippen LogP contribution >= 0.6 is 0 Å². The van der Waals surface area contributed by atoms with Crippen LogP contribution in [0.2, 0.25) is 0 Å². The van der Waals surface area contributed by atoms with Crippen molar-refractivity contribution < 1.29 is 9.53 Å². The molecular formula is C41H56N6O2. The number of unbranched alkanes of at least 4 members (excludes halogenated alkanes) is 15. The Bertz CT molecular complexity index is 1580. The number of carbonyl (C=O) groups is 1. The largest absolute Gasteiger partial charge is 0.494 e. The third-order valence-electron chi connectivity index (χ3n) is 9.42. The van der Waals surface area contributed by atoms with E-state index < -0.39 is 6.04 Å². The lowest BCUT2D eigenvalue weighted by atomic mass is 10.0. The Morgan fingerprint density at radius 3 is 2.00 bits per heavy atom. The first-order valence-electron chi connectivity index (χ1n) is 18.9. The SMILES string of the molecule is CCCCCCCCCCCCCCCCCCOc1ccc(N=C2NN(Cc3ccccc3)C(=O)C2n2nnc3cc(C)ccc32)cc1. The van der Waals surface area contributed by atoms with Gasteiger partial charge in [-0.1, -0.05) is 145 Å². The third kappa shape index (κ3) is 11.2. The average Bonchev–Trinajstić information content (AvgIpc) is 3.65. The molecule has 262 valence electrons. The highest BCUT2D eigenvalue weighted by molar-refractivity contribution is 6.11. The van der Waals surface area contributed by atoms with Crippen LogP contribution in [0.4, 0.5) is 5.69 Å². The number of rotatable bonds is 22. The molecule has 1 N–H and O–H groups in total. The highest BCUT2D eigenvalue weighted by Crippen LogP contribution is 2.27. The van der Waals surface area contributed by atoms with Crippen molar-refractivity contribution in [1.82, 2.24) is 25.4 Å². The molecule has 1 saturated heterocycles. The highest BCUT2D eigenvalue weighted by Gasteiger charge is 2.40. The number of ether oxygens (including phenoxy) is 1. The number of nitrogens with one attached hydrogen (secondary N) is 1. The van der Waals surface area contributed by atoms with Crippen LogP contribution in [0, 0.1) is 6.92 Å². The summed E-state index contributed by atoms with van der Waals surface area (Å²) in [6.45, 7) is 5.43. The molecule has 1 atom stereocenters. The van der Waals surface area contributed by atoms with Crippen molar-refractivity contribution in [3.05, 3.63) is 83.9 Å². The molecule has 4 aromatic rings. The van der Waals surface area contributed by atoms with E-state index in [9.17, 15) is 4.79 Å². The summed E-state index contributed by atoms with van der Waals surface area (Å²) in [4.78, 5) is 18.7. The number of benzene rings is 3. The molecule has 1 aliphatic heterocycles. The van der Waals surface area contributed by atoms with Gasteiger partial charge in [-0.25, -0.2) is 14.7 Å². The summed E-state index contributed by atoms with van der Waals surface area (Å²) in [6, 6.07) is 22.9. The zero-order valence-corrected chi connectivity index (χ0v) is 29.8. The molecule has 0 radical (unpaired) electrons. The van der Waals surface area contributed by atoms with Crippen molar-refractivity contribution in [3.8, 4) is 5.75 Å². The Kier molecular flexibility index (Phi) is 14.5. The second-order valence-electron chi connectivity index (χ2n) is 13.6. The van der Waals surface area contributed by atoms with E-state index in [0.29, 0.717) is 12.4 Å². The fourth-order valence-electron chi connectivity index (χ4n) is 6.55. The second kappa shape index (κ2) is 19.7. The lowest BCUT2D eigenvalue weighted by Gasteiger charge is -2.15. The molecule has 2 heterocycles. The van der Waals surface area contributed by atoms with Gasteiger partial charge in [0, 0.05) is 0 Å². The number of nitrogens with zero attached hydrogens (tertiary/aromatic N) is 5. The quantitative estimate of drug-likeness (QED) is 0.0846. The van der Waals surface area contributed by atoms with Crippen LogP contribution in [-0.4, -0.2) is 38.4 Å². The number of aromatic nitrogens is 3. The summed E-state index contributed by atoms with van der Waals surface area (Å²) < 4.78 is 7.71. The summed E-state index contributed by atoms with van der Waals surface area (Å²) in [5.74, 6) is 1.21. The standard InChI is InChI=1S/C41H56N6O2/c1-3-4-5-6-7-8-9-10-11-12-13-14-15-16-17-21-30-49-36-27-25-35(26-28-36)42-40-39(47-38-29-24-33(2)31-37(38)43-45-47)41(48)46(44-40)32-34-22-19-18-20-23-34/h18-20,22-29,31,39H,3-17,21,30,32H2,1-2H3,(H,42,44). The maximum atomic E-state index is 13.8. The van der Waals surface area contributed by atoms with E-state index in [0.717, 1.165) is 46.6 Å². The summed E-state index contributed by atoms with van der Waals surface area (Å²) in [5.41, 5.74) is 7.65. The van der Waals surface area contributed by atoms with Gasteiger partial charge in [0.2, 0.25) is 0 Å². The van der Waals surface area contributed by atoms with Crippen molar-refractivity contribution in [1.29, 1.82) is 0 Å². The molecule has 0 saturated carbocycles. The minimum Gasteiger partial charge on any atom is -0.494 e. The van der Waals surface area contributed by atoms with Crippen molar-refractivity contribution in [2.24, 2.45) is 4.99 Å². The van der Waals surface area contributed by atoms with Crippen LogP contribution in [0.25, 0.3) is 11.0 Å². The van der Waals surface area contributed by atoms with Crippen LogP contribution in [0.1, 0.15) is 127 Å². The van der Waals surface area contributed by atoms with Crippen LogP contribution in [0.3, 0.4) is 0 Å². The van der Waals surface area contributed by atoms with Gasteiger partial charge in [0.25, 0.3) is 5.91 Å². The number of carbonyl (C=O) groups excluding carboxylic acids is 1. The molecule has 3 aromatic carbocycles. The maximum absolute atomic E-state index is 13.8. The van der Waals surface area contributed by atoms with Crippen molar-refractivity contribution >= 4 is 28.5 Å². The molecule has 8 heteroatoms. The number of amidine groups is 1. The van der Waals surface area contributed by atoms with Gasteiger partial charge >= 0.3 is 0 Å². The van der Waals surface area contributed by atoms with Crippen LogP contribution in [0.5, 0.6) is 5.75 Å². The molecule has 1 aromatic heterocycles. The maximum Gasteiger partial charge on any atom is 0.274 e. The Labute approximate surface area is 293 Å². The first kappa shape index (κ1) is 36.1. The van der Waals surface area contributed by atoms with Crippen molar-refractivity contribution in [2.45, 2.75) is 129 Å². The zero-order valence-electron chi connectivity index (χ0n) is 29.8. The van der Waals surface area contributed by atoms with E-state index >= 15 is 0 Å². The normalized spacial score (nSPS) is 15.4. The Morgan fingerprint density at radius 2 is 1.37 bits per heavy atom. The average molecular weight is 665 g/mol. The minimum absolute atomic E-state index is 0.131. The predicted octanol–water partition coefficient (Wildman–Crippen LogP) is 10.2. The van der Waals surface area contributed by atoms with E-state index in [1.54, 1.807) is 9.69 Å². The van der Waals surface area contributed by atoms with E-state index in [1.165, 1.54) is 96.3 Å². The van der Waals surface area contributed by atoms with Gasteiger partial charge in [-0.15, -0.1) is 5.10 Å². The Balaban J connectivity index is 1.04. The molecule has 1 unspecified atom stereocenters. The summed E-state index contributed by atoms with van der Waals surface area (Å²) in [7, 11) is 0. The first-order chi connectivity index (χ1) is 24.1. The van der Waals surface area contributed by atoms with E-state index in [2.05, 4.69) is 22.7 Å². The lowest BCUT2D eigenvalue weighted by Crippen LogP contribution is -2.35. The third-order valence-corrected chi connectivity index (χ3v) is 9.42. The second-order valence-corrected chi connectivity index (χ2v) is 13.6. The van der Waals surface area contributed by atoms with E-state index in [-0.39, 0.29) is 5.91 Å². The predicted molar refractivity (Wildman–Crippen MR) is 200 cm³/mol. The van der Waals surface area contributed by atoms with Gasteiger partial charge in [-0.05, 0) is 60.9 Å². The summed E-state index contributed by atoms with van der Waals surface area (Å²) in [6.07, 6.45) is 21.8. The van der Waals surface area contributed by atoms with Crippen LogP contribution < -0.4 is 10.2 Å². The Hall–Kier alpha value is -4.20. The summed E-state index contributed by atoms with van der Waals surface area (Å²) in [5, 5.41) is 10.3. The van der Waals surface area contributed by atoms with Gasteiger partial charge in [-0.3, -0.25) is 10.2 Å². The topological polar surface area (TPSA) is 84.6 Å². The number of fused-ring (bicyclic) bond motifs is 1. The highest BCUT2D eigenvalue weighted by atomic mass is 16.5. The number of hydrazine groups is 1. The van der Waals surface area contributed by atoms with Gasteiger partial charge < -0.3 is 4.74 Å². The Morgan fingerprint density at radius 1 is 0.755 bits per heavy atom. The monoisotopic (exact) mass is 664 g/mol. The first-order valence-corrected chi connectivity index (χ1v) is 18.9. The molecule has 0 bridgehead atoms. The lowest BCUT2D eigenvalue weighted by molar-refractivity contribution is -0.132. The number of aliphatic imine (C=N–C) groups is 1. The molecular weight excluding hydrogens is 608 g/mol. The van der Waals surface area contributed by atoms with E-state index in [1.807, 2.05) is 79.7 Å². The zero-order chi connectivity index (χ0) is 34.1. The fraction of sp³-hybridized carbons (Fsp3) is 0.512. The van der Waals surface area contributed by atoms with Gasteiger partial charge in [0.15, 0.2) is 11.9 Å². The fourth-order valence-corrected chi connectivity index (χ4v) is 6.55. The van der Waals surface area contributed by atoms with Crippen molar-refractivity contribution in [3.63, 3.8) is 0 Å². The molecule has 49 heavy (non-hydrogen) atoms. The van der Waals surface area contributed by atoms with Gasteiger partial charge in [0.1, 0.15) is 11.3 Å². The molecule has 8 nitrogen and oxygen atoms in total. The molecule has 0 aliphatic carbocycles. The molecule has 0 spiro atoms. The van der Waals surface area contributed by atoms with Crippen LogP contribution in [0.15, 0.2) is 77.8 Å². The summed E-state index contributed by atoms with van der Waals surface area (Å²) >= 11 is 0. The molecule has 1 aliphatic rings. The molecule has 1 fully saturated rings. The number of amides is 1. The van der Waals surface area contributed by atoms with Crippen molar-refractivity contribution in [2.75, 3.05) is 6.61 Å². The number of aryl methyl sites for hydroxylation is 1. The molecule has 1 amide bonds. The molecule has 5 rings (SSSR count). The minimum atomic E-state index is -0.748. The number of hydrogen-bond acceptors (Lipinski definition) is 5. The van der Waals surface area contributed by atoms with E-state index in [4.69, 9.17) is 9.73 Å².